The van der Waals surface area contributed by atoms with Crippen LogP contribution >= 0.6 is 0 Å². The summed E-state index contributed by atoms with van der Waals surface area (Å²) in [5.74, 6) is 0.101. The summed E-state index contributed by atoms with van der Waals surface area (Å²) < 4.78 is 0. The number of carbonyl (C=O) groups is 2. The molecular formula is C18H31N3O3. The van der Waals surface area contributed by atoms with E-state index in [2.05, 4.69) is 10.2 Å². The maximum atomic E-state index is 12.7. The molecule has 0 aromatic heterocycles. The lowest BCUT2D eigenvalue weighted by molar-refractivity contribution is -0.152. The van der Waals surface area contributed by atoms with Gasteiger partial charge in [-0.25, -0.2) is 0 Å². The lowest BCUT2D eigenvalue weighted by atomic mass is 9.71. The Kier molecular flexibility index (Phi) is 5.45. The van der Waals surface area contributed by atoms with Crippen molar-refractivity contribution < 1.29 is 14.7 Å². The zero-order valence-corrected chi connectivity index (χ0v) is 14.8. The number of nitrogens with one attached hydrogen (secondary N) is 1. The molecular weight excluding hydrogens is 306 g/mol. The van der Waals surface area contributed by atoms with Gasteiger partial charge in [-0.3, -0.25) is 14.5 Å². The molecule has 3 fully saturated rings. The maximum absolute atomic E-state index is 12.7. The highest BCUT2D eigenvalue weighted by Crippen LogP contribution is 2.37. The SMILES string of the molecule is CN(C(=O)CN1CC[C@@H](O)[C@@]2(CCCNC2=O)C1)C1CCCCC1. The largest absolute Gasteiger partial charge is 0.392 e. The molecule has 0 aromatic carbocycles. The Bertz CT molecular complexity index is 478. The van der Waals surface area contributed by atoms with Crippen molar-refractivity contribution in [3.05, 3.63) is 0 Å². The van der Waals surface area contributed by atoms with Gasteiger partial charge in [0, 0.05) is 32.7 Å². The second-order valence-electron chi connectivity index (χ2n) is 7.83. The van der Waals surface area contributed by atoms with E-state index in [1.54, 1.807) is 0 Å². The summed E-state index contributed by atoms with van der Waals surface area (Å²) in [6.07, 6.45) is 7.48. The fourth-order valence-corrected chi connectivity index (χ4v) is 4.64. The van der Waals surface area contributed by atoms with Crippen molar-refractivity contribution in [2.24, 2.45) is 5.41 Å². The van der Waals surface area contributed by atoms with Crippen LogP contribution in [0.2, 0.25) is 0 Å². The minimum Gasteiger partial charge on any atom is -0.392 e. The van der Waals surface area contributed by atoms with Gasteiger partial charge in [0.2, 0.25) is 11.8 Å². The first kappa shape index (κ1) is 17.7. The molecule has 0 radical (unpaired) electrons. The van der Waals surface area contributed by atoms with Gasteiger partial charge >= 0.3 is 0 Å². The van der Waals surface area contributed by atoms with Crippen LogP contribution in [0.5, 0.6) is 0 Å². The van der Waals surface area contributed by atoms with Crippen LogP contribution in [0, 0.1) is 5.41 Å². The highest BCUT2D eigenvalue weighted by atomic mass is 16.3. The first-order chi connectivity index (χ1) is 11.5. The summed E-state index contributed by atoms with van der Waals surface area (Å²) in [5, 5.41) is 13.3. The minimum absolute atomic E-state index is 0.0426. The molecule has 0 bridgehead atoms. The average molecular weight is 337 g/mol. The Morgan fingerprint density at radius 3 is 2.75 bits per heavy atom. The van der Waals surface area contributed by atoms with Crippen LogP contribution in [0.15, 0.2) is 0 Å². The smallest absolute Gasteiger partial charge is 0.236 e. The fraction of sp³-hybridized carbons (Fsp3) is 0.889. The van der Waals surface area contributed by atoms with Crippen LogP contribution in [0.25, 0.3) is 0 Å². The Morgan fingerprint density at radius 2 is 2.04 bits per heavy atom. The number of hydrogen-bond acceptors (Lipinski definition) is 4. The zero-order chi connectivity index (χ0) is 17.2. The van der Waals surface area contributed by atoms with Gasteiger partial charge in [0.05, 0.1) is 18.1 Å². The summed E-state index contributed by atoms with van der Waals surface area (Å²) in [7, 11) is 1.92. The van der Waals surface area contributed by atoms with Crippen molar-refractivity contribution >= 4 is 11.8 Å². The van der Waals surface area contributed by atoms with E-state index >= 15 is 0 Å². The molecule has 6 heteroatoms. The molecule has 2 saturated heterocycles. The second kappa shape index (κ2) is 7.40. The molecule has 0 unspecified atom stereocenters. The topological polar surface area (TPSA) is 72.9 Å². The van der Waals surface area contributed by atoms with Gasteiger partial charge in [-0.15, -0.1) is 0 Å². The molecule has 24 heavy (non-hydrogen) atoms. The number of aliphatic hydroxyl groups excluding tert-OH is 1. The fourth-order valence-electron chi connectivity index (χ4n) is 4.64. The van der Waals surface area contributed by atoms with E-state index in [1.807, 2.05) is 11.9 Å². The van der Waals surface area contributed by atoms with Gasteiger partial charge in [0.25, 0.3) is 0 Å². The summed E-state index contributed by atoms with van der Waals surface area (Å²) in [6.45, 7) is 2.22. The molecule has 2 heterocycles. The van der Waals surface area contributed by atoms with E-state index in [9.17, 15) is 14.7 Å². The van der Waals surface area contributed by atoms with E-state index in [1.165, 1.54) is 19.3 Å². The van der Waals surface area contributed by atoms with Crippen molar-refractivity contribution in [1.29, 1.82) is 0 Å². The monoisotopic (exact) mass is 337 g/mol. The predicted octanol–water partition coefficient (Wildman–Crippen LogP) is 0.740. The Morgan fingerprint density at radius 1 is 1.29 bits per heavy atom. The highest BCUT2D eigenvalue weighted by molar-refractivity contribution is 5.84. The van der Waals surface area contributed by atoms with Crippen LogP contribution in [-0.4, -0.2) is 72.1 Å². The Labute approximate surface area is 144 Å². The third-order valence-corrected chi connectivity index (χ3v) is 6.27. The van der Waals surface area contributed by atoms with Gasteiger partial charge in [0.15, 0.2) is 0 Å². The predicted molar refractivity (Wildman–Crippen MR) is 91.4 cm³/mol. The van der Waals surface area contributed by atoms with Crippen molar-refractivity contribution in [2.75, 3.05) is 33.2 Å². The molecule has 1 aliphatic carbocycles. The summed E-state index contributed by atoms with van der Waals surface area (Å²) in [5.41, 5.74) is -0.722. The third kappa shape index (κ3) is 3.45. The first-order valence-electron chi connectivity index (χ1n) is 9.47. The van der Waals surface area contributed by atoms with Gasteiger partial charge in [-0.05, 0) is 32.1 Å². The molecule has 1 spiro atoms. The van der Waals surface area contributed by atoms with Gasteiger partial charge in [0.1, 0.15) is 0 Å². The number of likely N-dealkylation sites (N-methyl/N-ethyl adjacent to an activating group) is 1. The molecule has 6 nitrogen and oxygen atoms in total. The van der Waals surface area contributed by atoms with Crippen LogP contribution in [0.3, 0.4) is 0 Å². The van der Waals surface area contributed by atoms with Crippen molar-refractivity contribution in [3.63, 3.8) is 0 Å². The van der Waals surface area contributed by atoms with E-state index < -0.39 is 11.5 Å². The molecule has 1 saturated carbocycles. The van der Waals surface area contributed by atoms with E-state index in [-0.39, 0.29) is 11.8 Å². The highest BCUT2D eigenvalue weighted by Gasteiger charge is 2.49. The lowest BCUT2D eigenvalue weighted by Crippen LogP contribution is -2.62. The Hall–Kier alpha value is -1.14. The quantitative estimate of drug-likeness (QED) is 0.797. The molecule has 2 aliphatic heterocycles. The standard InChI is InChI=1S/C18H31N3O3/c1-20(14-6-3-2-4-7-14)16(23)12-21-11-8-15(22)18(13-21)9-5-10-19-17(18)24/h14-15,22H,2-13H2,1H3,(H,19,24)/t15-,18-/m1/s1. The summed E-state index contributed by atoms with van der Waals surface area (Å²) in [4.78, 5) is 29.1. The van der Waals surface area contributed by atoms with E-state index in [0.29, 0.717) is 45.1 Å². The molecule has 2 N–H and O–H groups in total. The third-order valence-electron chi connectivity index (χ3n) is 6.27. The van der Waals surface area contributed by atoms with Gasteiger partial charge in [-0.2, -0.15) is 0 Å². The number of rotatable bonds is 3. The number of likely N-dealkylation sites (tertiary alicyclic amines) is 1. The number of carbonyl (C=O) groups excluding carboxylic acids is 2. The average Bonchev–Trinajstić information content (AvgIpc) is 2.60. The number of piperidine rings is 2. The molecule has 3 rings (SSSR count). The normalized spacial score (nSPS) is 32.6. The van der Waals surface area contributed by atoms with Crippen molar-refractivity contribution in [1.82, 2.24) is 15.1 Å². The van der Waals surface area contributed by atoms with Crippen LogP contribution in [0.4, 0.5) is 0 Å². The number of aliphatic hydroxyl groups is 1. The molecule has 2 amide bonds. The molecule has 0 aromatic rings. The molecule has 136 valence electrons. The summed E-state index contributed by atoms with van der Waals surface area (Å²) >= 11 is 0. The minimum atomic E-state index is -0.722. The zero-order valence-electron chi connectivity index (χ0n) is 14.8. The Balaban J connectivity index is 1.60. The molecule has 3 aliphatic rings. The van der Waals surface area contributed by atoms with Gasteiger partial charge < -0.3 is 15.3 Å². The first-order valence-corrected chi connectivity index (χ1v) is 9.47. The van der Waals surface area contributed by atoms with E-state index in [4.69, 9.17) is 0 Å². The summed E-state index contributed by atoms with van der Waals surface area (Å²) in [6, 6.07) is 0.369. The second-order valence-corrected chi connectivity index (χ2v) is 7.83. The van der Waals surface area contributed by atoms with Crippen LogP contribution in [-0.2, 0) is 9.59 Å². The lowest BCUT2D eigenvalue weighted by Gasteiger charge is -2.47. The maximum Gasteiger partial charge on any atom is 0.236 e. The van der Waals surface area contributed by atoms with Gasteiger partial charge in [-0.1, -0.05) is 19.3 Å². The van der Waals surface area contributed by atoms with Crippen molar-refractivity contribution in [3.8, 4) is 0 Å². The molecule has 2 atom stereocenters. The van der Waals surface area contributed by atoms with Crippen LogP contribution < -0.4 is 5.32 Å². The number of nitrogens with zero attached hydrogens (tertiary/aromatic N) is 2. The van der Waals surface area contributed by atoms with Crippen molar-refractivity contribution in [2.45, 2.75) is 63.5 Å². The van der Waals surface area contributed by atoms with Crippen LogP contribution in [0.1, 0.15) is 51.4 Å². The number of amides is 2. The van der Waals surface area contributed by atoms with E-state index in [0.717, 1.165) is 19.3 Å². The number of hydrogen-bond donors (Lipinski definition) is 2.